The zero-order chi connectivity index (χ0) is 15.2. The van der Waals surface area contributed by atoms with Crippen molar-refractivity contribution in [1.29, 1.82) is 0 Å². The monoisotopic (exact) mass is 398 g/mol. The number of rotatable bonds is 2. The van der Waals surface area contributed by atoms with E-state index >= 15 is 0 Å². The Labute approximate surface area is 136 Å². The third kappa shape index (κ3) is 1.93. The molecule has 1 aromatic rings. The molecule has 0 amide bonds. The van der Waals surface area contributed by atoms with Crippen molar-refractivity contribution in [3.63, 3.8) is 0 Å². The molecule has 1 aliphatic heterocycles. The van der Waals surface area contributed by atoms with Crippen LogP contribution in [0.2, 0.25) is 0 Å². The summed E-state index contributed by atoms with van der Waals surface area (Å²) >= 11 is 2.17. The van der Waals surface area contributed by atoms with Crippen LogP contribution in [0, 0.1) is 5.41 Å². The van der Waals surface area contributed by atoms with E-state index in [0.29, 0.717) is 6.42 Å². The van der Waals surface area contributed by atoms with Gasteiger partial charge in [0, 0.05) is 15.6 Å². The lowest BCUT2D eigenvalue weighted by Crippen LogP contribution is -2.46. The summed E-state index contributed by atoms with van der Waals surface area (Å²) in [7, 11) is 0. The summed E-state index contributed by atoms with van der Waals surface area (Å²) in [5.74, 6) is -1.01. The normalized spacial score (nSPS) is 27.0. The van der Waals surface area contributed by atoms with Crippen molar-refractivity contribution in [3.05, 3.63) is 39.0 Å². The number of hydrogen-bond acceptors (Lipinski definition) is 4. The minimum Gasteiger partial charge on any atom is -0.465 e. The predicted octanol–water partition coefficient (Wildman–Crippen LogP) is 2.88. The number of halogens is 1. The second-order valence-corrected chi connectivity index (χ2v) is 6.39. The van der Waals surface area contributed by atoms with Crippen molar-refractivity contribution < 1.29 is 19.1 Å². The van der Waals surface area contributed by atoms with E-state index < -0.39 is 17.4 Å². The topological polar surface area (TPSA) is 52.6 Å². The molecule has 0 saturated heterocycles. The van der Waals surface area contributed by atoms with E-state index in [1.165, 1.54) is 0 Å². The van der Waals surface area contributed by atoms with Gasteiger partial charge in [-0.3, -0.25) is 9.59 Å². The number of esters is 2. The lowest BCUT2D eigenvalue weighted by Gasteiger charge is -2.34. The van der Waals surface area contributed by atoms with Crippen LogP contribution in [0.15, 0.2) is 27.8 Å². The van der Waals surface area contributed by atoms with Crippen molar-refractivity contribution in [2.45, 2.75) is 26.4 Å². The second kappa shape index (κ2) is 5.12. The zero-order valence-electron chi connectivity index (χ0n) is 11.8. The Morgan fingerprint density at radius 3 is 2.90 bits per heavy atom. The van der Waals surface area contributed by atoms with Crippen LogP contribution in [0.4, 0.5) is 0 Å². The largest absolute Gasteiger partial charge is 0.465 e. The van der Waals surface area contributed by atoms with Crippen LogP contribution >= 0.6 is 22.6 Å². The Bertz CT molecular complexity index is 664. The van der Waals surface area contributed by atoms with Crippen LogP contribution < -0.4 is 0 Å². The molecule has 5 heteroatoms. The average Bonchev–Trinajstić information content (AvgIpc) is 2.82. The van der Waals surface area contributed by atoms with Gasteiger partial charge in [-0.05, 0) is 47.6 Å². The van der Waals surface area contributed by atoms with Gasteiger partial charge in [-0.1, -0.05) is 24.3 Å². The summed E-state index contributed by atoms with van der Waals surface area (Å²) in [4.78, 5) is 25.2. The van der Waals surface area contributed by atoms with E-state index in [0.717, 1.165) is 20.3 Å². The van der Waals surface area contributed by atoms with E-state index in [9.17, 15) is 9.59 Å². The van der Waals surface area contributed by atoms with Crippen LogP contribution in [-0.2, 0) is 25.5 Å². The summed E-state index contributed by atoms with van der Waals surface area (Å²) < 4.78 is 11.5. The molecule has 0 saturated carbocycles. The Balaban J connectivity index is 2.26. The Kier molecular flexibility index (Phi) is 3.55. The fourth-order valence-electron chi connectivity index (χ4n) is 3.06. The van der Waals surface area contributed by atoms with Crippen molar-refractivity contribution in [2.24, 2.45) is 5.41 Å². The molecule has 1 aliphatic carbocycles. The van der Waals surface area contributed by atoms with Gasteiger partial charge in [-0.25, -0.2) is 0 Å². The fourth-order valence-corrected chi connectivity index (χ4v) is 3.94. The van der Waals surface area contributed by atoms with Gasteiger partial charge in [-0.2, -0.15) is 0 Å². The smallest absolute Gasteiger partial charge is 0.329 e. The maximum Gasteiger partial charge on any atom is 0.329 e. The lowest BCUT2D eigenvalue weighted by molar-refractivity contribution is -0.169. The Morgan fingerprint density at radius 1 is 1.48 bits per heavy atom. The van der Waals surface area contributed by atoms with Gasteiger partial charge in [0.1, 0.15) is 6.10 Å². The molecule has 2 atom stereocenters. The van der Waals surface area contributed by atoms with Crippen molar-refractivity contribution >= 4 is 40.1 Å². The highest BCUT2D eigenvalue weighted by atomic mass is 127. The Morgan fingerprint density at radius 2 is 2.19 bits per heavy atom. The maximum absolute atomic E-state index is 12.6. The molecule has 0 N–H and O–H groups in total. The molecule has 21 heavy (non-hydrogen) atoms. The van der Waals surface area contributed by atoms with Gasteiger partial charge < -0.3 is 9.47 Å². The molecule has 4 nitrogen and oxygen atoms in total. The number of fused-ring (bicyclic) bond motifs is 3. The molecular formula is C16H15IO4. The van der Waals surface area contributed by atoms with E-state index in [4.69, 9.17) is 9.47 Å². The maximum atomic E-state index is 12.6. The van der Waals surface area contributed by atoms with E-state index in [1.54, 1.807) is 6.92 Å². The summed E-state index contributed by atoms with van der Waals surface area (Å²) in [5, 5.41) is 0. The first-order chi connectivity index (χ1) is 10.0. The zero-order valence-corrected chi connectivity index (χ0v) is 14.0. The lowest BCUT2D eigenvalue weighted by atomic mass is 9.78. The number of ether oxygens (including phenoxy) is 2. The van der Waals surface area contributed by atoms with Gasteiger partial charge in [-0.15, -0.1) is 0 Å². The highest BCUT2D eigenvalue weighted by molar-refractivity contribution is 14.1. The predicted molar refractivity (Wildman–Crippen MR) is 85.7 cm³/mol. The molecule has 1 aromatic carbocycles. The number of carbonyl (C=O) groups is 2. The average molecular weight is 398 g/mol. The molecule has 0 spiro atoms. The molecule has 110 valence electrons. The summed E-state index contributed by atoms with van der Waals surface area (Å²) in [5.41, 5.74) is 1.38. The highest BCUT2D eigenvalue weighted by Crippen LogP contribution is 2.54. The molecule has 1 heterocycles. The van der Waals surface area contributed by atoms with Crippen molar-refractivity contribution in [2.75, 3.05) is 6.61 Å². The van der Waals surface area contributed by atoms with Gasteiger partial charge in [0.05, 0.1) is 6.61 Å². The molecule has 0 bridgehead atoms. The van der Waals surface area contributed by atoms with Crippen molar-refractivity contribution in [1.82, 2.24) is 0 Å². The number of benzene rings is 1. The van der Waals surface area contributed by atoms with Gasteiger partial charge in [0.25, 0.3) is 0 Å². The first kappa shape index (κ1) is 14.6. The van der Waals surface area contributed by atoms with Crippen LogP contribution in [0.5, 0.6) is 0 Å². The van der Waals surface area contributed by atoms with E-state index in [2.05, 4.69) is 22.6 Å². The molecule has 0 unspecified atom stereocenters. The first-order valence-electron chi connectivity index (χ1n) is 6.89. The van der Waals surface area contributed by atoms with Crippen LogP contribution in [0.3, 0.4) is 0 Å². The summed E-state index contributed by atoms with van der Waals surface area (Å²) in [6, 6.07) is 7.73. The second-order valence-electron chi connectivity index (χ2n) is 5.23. The fraction of sp³-hybridized carbons (Fsp3) is 0.375. The third-order valence-corrected chi connectivity index (χ3v) is 5.44. The molecule has 3 rings (SSSR count). The molecule has 0 radical (unpaired) electrons. The van der Waals surface area contributed by atoms with Crippen LogP contribution in [-0.4, -0.2) is 24.6 Å². The first-order valence-corrected chi connectivity index (χ1v) is 7.97. The van der Waals surface area contributed by atoms with Gasteiger partial charge in [0.2, 0.25) is 0 Å². The Hall–Kier alpha value is -1.37. The molecule has 0 aromatic heterocycles. The summed E-state index contributed by atoms with van der Waals surface area (Å²) in [6.45, 7) is 3.80. The number of hydrogen-bond donors (Lipinski definition) is 0. The van der Waals surface area contributed by atoms with Crippen LogP contribution in [0.1, 0.15) is 25.0 Å². The molecule has 2 aliphatic rings. The van der Waals surface area contributed by atoms with E-state index in [-0.39, 0.29) is 12.7 Å². The van der Waals surface area contributed by atoms with E-state index in [1.807, 2.05) is 31.2 Å². The minimum absolute atomic E-state index is 0.240. The molecular weight excluding hydrogens is 383 g/mol. The number of cyclic esters (lactones) is 1. The quantitative estimate of drug-likeness (QED) is 0.437. The molecule has 0 fully saturated rings. The van der Waals surface area contributed by atoms with Crippen molar-refractivity contribution in [3.8, 4) is 0 Å². The third-order valence-electron chi connectivity index (χ3n) is 4.02. The standard InChI is InChI=1S/C16H15IO4/c1-3-20-14(18)16-8-10-6-4-5-7-11(10)12(16)13(17)9(2)21-15(16)19/h4-7,9H,3,8H2,1-2H3/t9-,16-/m0/s1. The minimum atomic E-state index is -1.33. The van der Waals surface area contributed by atoms with Crippen LogP contribution in [0.25, 0.3) is 5.57 Å². The van der Waals surface area contributed by atoms with Gasteiger partial charge in [0.15, 0.2) is 5.41 Å². The van der Waals surface area contributed by atoms with Gasteiger partial charge >= 0.3 is 11.9 Å². The highest BCUT2D eigenvalue weighted by Gasteiger charge is 2.60. The number of carbonyl (C=O) groups excluding carboxylic acids is 2. The SMILES string of the molecule is CCOC(=O)[C@]12Cc3ccccc3C1=C(I)[C@H](C)OC2=O. The summed E-state index contributed by atoms with van der Waals surface area (Å²) in [6.07, 6.45) is -0.0168.